The molecular weight excluding hydrogens is 372 g/mol. The summed E-state index contributed by atoms with van der Waals surface area (Å²) in [5, 5.41) is 11.2. The zero-order valence-corrected chi connectivity index (χ0v) is 19.7. The normalized spacial score (nSPS) is 62.5. The molecule has 6 aliphatic rings. The van der Waals surface area contributed by atoms with Crippen LogP contribution in [0.25, 0.3) is 0 Å². The Morgan fingerprint density at radius 2 is 1.67 bits per heavy atom. The molecule has 4 saturated carbocycles. The molecular formula is C27H44O3. The maximum absolute atomic E-state index is 11.2. The van der Waals surface area contributed by atoms with Gasteiger partial charge in [0.1, 0.15) is 0 Å². The van der Waals surface area contributed by atoms with Gasteiger partial charge in [-0.25, -0.2) is 0 Å². The minimum Gasteiger partial charge on any atom is -0.393 e. The maximum Gasteiger partial charge on any atom is 0.171 e. The van der Waals surface area contributed by atoms with Gasteiger partial charge in [0.15, 0.2) is 5.79 Å². The van der Waals surface area contributed by atoms with Crippen molar-refractivity contribution in [3.8, 4) is 0 Å². The Labute approximate surface area is 183 Å². The summed E-state index contributed by atoms with van der Waals surface area (Å²) < 4.78 is 13.3. The van der Waals surface area contributed by atoms with Crippen LogP contribution < -0.4 is 0 Å². The fourth-order valence-corrected chi connectivity index (χ4v) is 10.4. The van der Waals surface area contributed by atoms with Gasteiger partial charge in [0.2, 0.25) is 0 Å². The first-order chi connectivity index (χ1) is 14.3. The van der Waals surface area contributed by atoms with Crippen LogP contribution in [-0.4, -0.2) is 29.7 Å². The predicted molar refractivity (Wildman–Crippen MR) is 118 cm³/mol. The topological polar surface area (TPSA) is 38.7 Å². The van der Waals surface area contributed by atoms with Crippen molar-refractivity contribution < 1.29 is 14.6 Å². The molecule has 6 rings (SSSR count). The largest absolute Gasteiger partial charge is 0.393 e. The van der Waals surface area contributed by atoms with E-state index in [1.165, 1.54) is 51.4 Å². The van der Waals surface area contributed by atoms with Crippen molar-refractivity contribution in [2.45, 2.75) is 110 Å². The molecule has 6 fully saturated rings. The lowest BCUT2D eigenvalue weighted by Gasteiger charge is -2.62. The molecule has 3 nitrogen and oxygen atoms in total. The fourth-order valence-electron chi connectivity index (χ4n) is 10.4. The van der Waals surface area contributed by atoms with E-state index in [4.69, 9.17) is 9.47 Å². The second kappa shape index (κ2) is 6.70. The number of aliphatic hydroxyl groups excluding tert-OH is 1. The molecule has 1 N–H and O–H groups in total. The van der Waals surface area contributed by atoms with E-state index in [-0.39, 0.29) is 11.9 Å². The molecule has 1 spiro atoms. The Morgan fingerprint density at radius 3 is 2.43 bits per heavy atom. The first-order valence-electron chi connectivity index (χ1n) is 13.3. The molecule has 0 amide bonds. The van der Waals surface area contributed by atoms with Crippen molar-refractivity contribution >= 4 is 0 Å². The van der Waals surface area contributed by atoms with E-state index < -0.39 is 0 Å². The number of hydrogen-bond acceptors (Lipinski definition) is 3. The molecule has 2 aliphatic heterocycles. The van der Waals surface area contributed by atoms with Gasteiger partial charge in [-0.05, 0) is 91.3 Å². The zero-order valence-electron chi connectivity index (χ0n) is 19.7. The van der Waals surface area contributed by atoms with Gasteiger partial charge in [-0.15, -0.1) is 0 Å². The molecule has 0 aromatic heterocycles. The smallest absolute Gasteiger partial charge is 0.171 e. The van der Waals surface area contributed by atoms with E-state index in [1.807, 2.05) is 0 Å². The molecule has 3 heteroatoms. The van der Waals surface area contributed by atoms with Crippen molar-refractivity contribution in [1.29, 1.82) is 0 Å². The Balaban J connectivity index is 1.29. The van der Waals surface area contributed by atoms with Gasteiger partial charge in [0, 0.05) is 12.3 Å². The van der Waals surface area contributed by atoms with Crippen LogP contribution in [0.3, 0.4) is 0 Å². The molecule has 0 radical (unpaired) electrons. The summed E-state index contributed by atoms with van der Waals surface area (Å²) in [5.74, 6) is 4.27. The molecule has 0 aromatic carbocycles. The van der Waals surface area contributed by atoms with Crippen LogP contribution in [0.2, 0.25) is 0 Å². The van der Waals surface area contributed by atoms with Crippen LogP contribution in [-0.2, 0) is 9.47 Å². The lowest BCUT2D eigenvalue weighted by molar-refractivity contribution is -0.273. The maximum atomic E-state index is 11.2. The van der Waals surface area contributed by atoms with Crippen molar-refractivity contribution in [1.82, 2.24) is 0 Å². The summed E-state index contributed by atoms with van der Waals surface area (Å²) in [6, 6.07) is 0. The van der Waals surface area contributed by atoms with Crippen LogP contribution in [0.15, 0.2) is 0 Å². The molecule has 170 valence electrons. The van der Waals surface area contributed by atoms with E-state index in [1.54, 1.807) is 0 Å². The minimum atomic E-state index is -0.306. The summed E-state index contributed by atoms with van der Waals surface area (Å²) in [4.78, 5) is 0. The molecule has 0 aromatic rings. The monoisotopic (exact) mass is 416 g/mol. The lowest BCUT2D eigenvalue weighted by Crippen LogP contribution is -2.57. The highest BCUT2D eigenvalue weighted by Crippen LogP contribution is 2.71. The Bertz CT molecular complexity index is 684. The third-order valence-corrected chi connectivity index (χ3v) is 11.9. The molecule has 0 bridgehead atoms. The quantitative estimate of drug-likeness (QED) is 0.543. The predicted octanol–water partition coefficient (Wildman–Crippen LogP) is 5.79. The van der Waals surface area contributed by atoms with Crippen molar-refractivity contribution in [2.24, 2.45) is 52.3 Å². The average molecular weight is 417 g/mol. The highest BCUT2D eigenvalue weighted by molar-refractivity contribution is 5.16. The first kappa shape index (κ1) is 20.5. The second-order valence-corrected chi connectivity index (χ2v) is 13.1. The Hall–Kier alpha value is -0.120. The summed E-state index contributed by atoms with van der Waals surface area (Å²) >= 11 is 0. The van der Waals surface area contributed by atoms with Crippen molar-refractivity contribution in [2.75, 3.05) is 6.61 Å². The van der Waals surface area contributed by atoms with Gasteiger partial charge >= 0.3 is 0 Å². The third kappa shape index (κ3) is 2.55. The Kier molecular flexibility index (Phi) is 4.58. The zero-order chi connectivity index (χ0) is 20.9. The van der Waals surface area contributed by atoms with E-state index in [0.717, 1.165) is 31.3 Å². The van der Waals surface area contributed by atoms with Crippen molar-refractivity contribution in [3.05, 3.63) is 0 Å². The van der Waals surface area contributed by atoms with E-state index in [9.17, 15) is 5.11 Å². The molecule has 2 saturated heterocycles. The number of fused-ring (bicyclic) bond motifs is 7. The average Bonchev–Trinajstić information content (AvgIpc) is 3.15. The molecule has 4 aliphatic carbocycles. The molecule has 2 heterocycles. The van der Waals surface area contributed by atoms with E-state index >= 15 is 0 Å². The number of hydrogen-bond donors (Lipinski definition) is 1. The lowest BCUT2D eigenvalue weighted by atomic mass is 9.44. The number of rotatable bonds is 0. The second-order valence-electron chi connectivity index (χ2n) is 13.1. The Morgan fingerprint density at radius 1 is 0.833 bits per heavy atom. The van der Waals surface area contributed by atoms with E-state index in [2.05, 4.69) is 27.7 Å². The SMILES string of the molecule is C[C@@H]1CC[C@@]2(OC1)O[C@H]1C[C@H]3[C@@H]4C[C@H](O)[C@H]5CCCC[C@]5(C)[C@H]4CC[C@]3(C)[C@H]1[C@@H]2C. The van der Waals surface area contributed by atoms with Crippen molar-refractivity contribution in [3.63, 3.8) is 0 Å². The standard InChI is InChI=1S/C27H44O3/c1-16-8-12-27(29-15-16)17(2)24-23(30-27)14-21-18-13-22(28)20-7-5-6-10-25(20,3)19(18)9-11-26(21,24)4/h16-24,28H,5-15H2,1-4H3/t16-,17+,18-,19+,20-,21+,22+,23+,24+,25-,26+,27-/m1/s1. The minimum absolute atomic E-state index is 0.0767. The van der Waals surface area contributed by atoms with Crippen LogP contribution in [0.4, 0.5) is 0 Å². The summed E-state index contributed by atoms with van der Waals surface area (Å²) in [5.41, 5.74) is 0.731. The van der Waals surface area contributed by atoms with Gasteiger partial charge in [0.05, 0.1) is 18.8 Å². The van der Waals surface area contributed by atoms with Crippen LogP contribution in [0.5, 0.6) is 0 Å². The number of ether oxygens (including phenoxy) is 2. The third-order valence-electron chi connectivity index (χ3n) is 11.9. The molecule has 12 atom stereocenters. The highest BCUT2D eigenvalue weighted by atomic mass is 16.7. The van der Waals surface area contributed by atoms with Gasteiger partial charge in [-0.1, -0.05) is 40.5 Å². The molecule has 0 unspecified atom stereocenters. The van der Waals surface area contributed by atoms with E-state index in [0.29, 0.717) is 46.5 Å². The van der Waals surface area contributed by atoms with Gasteiger partial charge in [-0.2, -0.15) is 0 Å². The highest BCUT2D eigenvalue weighted by Gasteiger charge is 2.69. The summed E-state index contributed by atoms with van der Waals surface area (Å²) in [6.07, 6.45) is 12.9. The van der Waals surface area contributed by atoms with Gasteiger partial charge < -0.3 is 14.6 Å². The van der Waals surface area contributed by atoms with Crippen LogP contribution >= 0.6 is 0 Å². The number of aliphatic hydroxyl groups is 1. The molecule has 30 heavy (non-hydrogen) atoms. The fraction of sp³-hybridized carbons (Fsp3) is 1.00. The van der Waals surface area contributed by atoms with Gasteiger partial charge in [0.25, 0.3) is 0 Å². The van der Waals surface area contributed by atoms with Crippen LogP contribution in [0, 0.1) is 52.3 Å². The van der Waals surface area contributed by atoms with Crippen LogP contribution in [0.1, 0.15) is 91.9 Å². The summed E-state index contributed by atoms with van der Waals surface area (Å²) in [6.45, 7) is 10.8. The summed E-state index contributed by atoms with van der Waals surface area (Å²) in [7, 11) is 0. The first-order valence-corrected chi connectivity index (χ1v) is 13.3. The van der Waals surface area contributed by atoms with Gasteiger partial charge in [-0.3, -0.25) is 0 Å².